The molecule has 15 heavy (non-hydrogen) atoms. The van der Waals surface area contributed by atoms with E-state index < -0.39 is 0 Å². The largest absolute Gasteiger partial charge is 0.311 e. The Morgan fingerprint density at radius 3 is 2.73 bits per heavy atom. The summed E-state index contributed by atoms with van der Waals surface area (Å²) in [5.41, 5.74) is 2.09. The highest BCUT2D eigenvalue weighted by Gasteiger charge is 2.41. The molecule has 2 rings (SSSR count). The molecule has 0 radical (unpaired) electrons. The lowest BCUT2D eigenvalue weighted by atomic mass is 9.81. The predicted octanol–water partition coefficient (Wildman–Crippen LogP) is 2.98. The van der Waals surface area contributed by atoms with Gasteiger partial charge in [0.15, 0.2) is 0 Å². The van der Waals surface area contributed by atoms with Crippen molar-refractivity contribution < 1.29 is 4.79 Å². The van der Waals surface area contributed by atoms with Crippen LogP contribution in [0.3, 0.4) is 0 Å². The van der Waals surface area contributed by atoms with Gasteiger partial charge < -0.3 is 4.90 Å². The average molecular weight is 224 g/mol. The molecule has 0 saturated carbocycles. The van der Waals surface area contributed by atoms with Gasteiger partial charge in [-0.3, -0.25) is 4.79 Å². The summed E-state index contributed by atoms with van der Waals surface area (Å²) in [4.78, 5) is 12.8. The molecule has 3 heteroatoms. The van der Waals surface area contributed by atoms with Crippen molar-refractivity contribution in [3.8, 4) is 0 Å². The second-order valence-electron chi connectivity index (χ2n) is 4.57. The van der Waals surface area contributed by atoms with Crippen LogP contribution in [0.4, 0.5) is 5.69 Å². The Bertz CT molecular complexity index is 414. The zero-order valence-electron chi connectivity index (χ0n) is 9.12. The standard InChI is InChI=1S/C12H14ClNO/c1-8-12(2,3)10-6-9(13)4-5-11(10)14(8)7-15/h4-8H,1-3H3. The fourth-order valence-electron chi connectivity index (χ4n) is 2.18. The predicted molar refractivity (Wildman–Crippen MR) is 62.5 cm³/mol. The molecule has 0 fully saturated rings. The Labute approximate surface area is 94.8 Å². The van der Waals surface area contributed by atoms with Gasteiger partial charge in [0.05, 0.1) is 0 Å². The van der Waals surface area contributed by atoms with E-state index in [0.29, 0.717) is 0 Å². The van der Waals surface area contributed by atoms with Gasteiger partial charge in [-0.25, -0.2) is 0 Å². The van der Waals surface area contributed by atoms with Crippen molar-refractivity contribution in [2.24, 2.45) is 0 Å². The molecule has 1 atom stereocenters. The fourth-order valence-corrected chi connectivity index (χ4v) is 2.35. The molecule has 0 saturated heterocycles. The van der Waals surface area contributed by atoms with Crippen molar-refractivity contribution in [1.29, 1.82) is 0 Å². The van der Waals surface area contributed by atoms with Crippen LogP contribution >= 0.6 is 11.6 Å². The summed E-state index contributed by atoms with van der Waals surface area (Å²) < 4.78 is 0. The maximum Gasteiger partial charge on any atom is 0.214 e. The first-order valence-corrected chi connectivity index (χ1v) is 5.40. The second kappa shape index (κ2) is 3.24. The lowest BCUT2D eigenvalue weighted by Crippen LogP contribution is -2.37. The first-order chi connectivity index (χ1) is 6.98. The smallest absolute Gasteiger partial charge is 0.214 e. The second-order valence-corrected chi connectivity index (χ2v) is 5.01. The minimum absolute atomic E-state index is 0.0405. The van der Waals surface area contributed by atoms with Crippen molar-refractivity contribution in [2.75, 3.05) is 4.90 Å². The molecule has 0 bridgehead atoms. The van der Waals surface area contributed by atoms with Crippen LogP contribution in [-0.2, 0) is 10.2 Å². The monoisotopic (exact) mass is 223 g/mol. The molecule has 1 amide bonds. The molecule has 2 nitrogen and oxygen atoms in total. The summed E-state index contributed by atoms with van der Waals surface area (Å²) in [6, 6.07) is 5.86. The zero-order valence-corrected chi connectivity index (χ0v) is 9.88. The Kier molecular flexibility index (Phi) is 2.27. The Balaban J connectivity index is 2.64. The molecule has 1 aliphatic rings. The number of hydrogen-bond donors (Lipinski definition) is 0. The third-order valence-corrected chi connectivity index (χ3v) is 3.74. The van der Waals surface area contributed by atoms with Gasteiger partial charge in [0.2, 0.25) is 6.41 Å². The van der Waals surface area contributed by atoms with Crippen molar-refractivity contribution in [3.63, 3.8) is 0 Å². The van der Waals surface area contributed by atoms with Gasteiger partial charge in [0.1, 0.15) is 0 Å². The molecule has 0 aliphatic carbocycles. The Morgan fingerprint density at radius 2 is 2.13 bits per heavy atom. The van der Waals surface area contributed by atoms with Crippen molar-refractivity contribution in [3.05, 3.63) is 28.8 Å². The number of anilines is 1. The van der Waals surface area contributed by atoms with Gasteiger partial charge in [-0.15, -0.1) is 0 Å². The highest BCUT2D eigenvalue weighted by molar-refractivity contribution is 6.30. The summed E-state index contributed by atoms with van der Waals surface area (Å²) in [6.07, 6.45) is 0.895. The molecular formula is C12H14ClNO. The van der Waals surface area contributed by atoms with E-state index >= 15 is 0 Å². The van der Waals surface area contributed by atoms with E-state index in [9.17, 15) is 4.79 Å². The van der Waals surface area contributed by atoms with Crippen LogP contribution in [0.2, 0.25) is 5.02 Å². The number of nitrogens with zero attached hydrogens (tertiary/aromatic N) is 1. The summed E-state index contributed by atoms with van der Waals surface area (Å²) >= 11 is 5.98. The molecule has 1 aromatic rings. The van der Waals surface area contributed by atoms with Gasteiger partial charge in [0.25, 0.3) is 0 Å². The number of carbonyl (C=O) groups is 1. The molecule has 0 N–H and O–H groups in total. The lowest BCUT2D eigenvalue weighted by Gasteiger charge is -2.27. The maximum absolute atomic E-state index is 11.0. The molecule has 1 aliphatic heterocycles. The third-order valence-electron chi connectivity index (χ3n) is 3.51. The van der Waals surface area contributed by atoms with Crippen LogP contribution in [0.25, 0.3) is 0 Å². The summed E-state index contributed by atoms with van der Waals surface area (Å²) in [7, 11) is 0. The van der Waals surface area contributed by atoms with Gasteiger partial charge in [-0.05, 0) is 30.7 Å². The first-order valence-electron chi connectivity index (χ1n) is 5.02. The molecule has 1 aromatic carbocycles. The normalized spacial score (nSPS) is 22.7. The van der Waals surface area contributed by atoms with E-state index in [2.05, 4.69) is 20.8 Å². The minimum Gasteiger partial charge on any atom is -0.311 e. The van der Waals surface area contributed by atoms with Crippen LogP contribution in [0.15, 0.2) is 18.2 Å². The van der Waals surface area contributed by atoms with E-state index in [0.717, 1.165) is 22.7 Å². The SMILES string of the molecule is CC1N(C=O)c2ccc(Cl)cc2C1(C)C. The van der Waals surface area contributed by atoms with Crippen molar-refractivity contribution >= 4 is 23.7 Å². The number of hydrogen-bond acceptors (Lipinski definition) is 1. The topological polar surface area (TPSA) is 20.3 Å². The fraction of sp³-hybridized carbons (Fsp3) is 0.417. The van der Waals surface area contributed by atoms with E-state index in [-0.39, 0.29) is 11.5 Å². The summed E-state index contributed by atoms with van der Waals surface area (Å²) in [5.74, 6) is 0. The number of rotatable bonds is 1. The Morgan fingerprint density at radius 1 is 1.47 bits per heavy atom. The minimum atomic E-state index is -0.0405. The van der Waals surface area contributed by atoms with E-state index in [1.54, 1.807) is 4.90 Å². The van der Waals surface area contributed by atoms with Crippen LogP contribution in [0.1, 0.15) is 26.3 Å². The molecule has 0 aromatic heterocycles. The lowest BCUT2D eigenvalue weighted by molar-refractivity contribution is -0.107. The number of halogens is 1. The zero-order chi connectivity index (χ0) is 11.2. The van der Waals surface area contributed by atoms with Crippen LogP contribution < -0.4 is 4.90 Å². The Hall–Kier alpha value is -1.02. The number of amides is 1. The average Bonchev–Trinajstić information content (AvgIpc) is 2.37. The van der Waals surface area contributed by atoms with Gasteiger partial charge in [-0.2, -0.15) is 0 Å². The van der Waals surface area contributed by atoms with Crippen molar-refractivity contribution in [2.45, 2.75) is 32.2 Å². The molecular weight excluding hydrogens is 210 g/mol. The summed E-state index contributed by atoms with van der Waals surface area (Å²) in [6.45, 7) is 6.33. The molecule has 1 heterocycles. The van der Waals surface area contributed by atoms with E-state index in [1.807, 2.05) is 18.2 Å². The molecule has 0 spiro atoms. The van der Waals surface area contributed by atoms with Gasteiger partial charge in [-0.1, -0.05) is 25.4 Å². The number of carbonyl (C=O) groups excluding carboxylic acids is 1. The van der Waals surface area contributed by atoms with E-state index in [1.165, 1.54) is 0 Å². The van der Waals surface area contributed by atoms with Gasteiger partial charge in [0, 0.05) is 22.2 Å². The number of fused-ring (bicyclic) bond motifs is 1. The number of benzene rings is 1. The molecule has 80 valence electrons. The molecule has 1 unspecified atom stereocenters. The highest BCUT2D eigenvalue weighted by Crippen LogP contribution is 2.45. The first kappa shape index (κ1) is 10.5. The third kappa shape index (κ3) is 1.36. The highest BCUT2D eigenvalue weighted by atomic mass is 35.5. The van der Waals surface area contributed by atoms with Gasteiger partial charge >= 0.3 is 0 Å². The van der Waals surface area contributed by atoms with Crippen LogP contribution in [-0.4, -0.2) is 12.5 Å². The van der Waals surface area contributed by atoms with Crippen LogP contribution in [0, 0.1) is 0 Å². The summed E-state index contributed by atoms with van der Waals surface area (Å²) in [5, 5.41) is 0.724. The quantitative estimate of drug-likeness (QED) is 0.671. The van der Waals surface area contributed by atoms with Crippen LogP contribution in [0.5, 0.6) is 0 Å². The maximum atomic E-state index is 11.0. The van der Waals surface area contributed by atoms with Crippen molar-refractivity contribution in [1.82, 2.24) is 0 Å². The van der Waals surface area contributed by atoms with E-state index in [4.69, 9.17) is 11.6 Å².